The Labute approximate surface area is 211 Å². The Morgan fingerprint density at radius 2 is 1.20 bits per heavy atom. The number of esters is 2. The lowest BCUT2D eigenvalue weighted by atomic mass is 9.91. The number of nitrogens with two attached hydrogens (primary N) is 2. The Hall–Kier alpha value is -3.27. The third-order valence-electron chi connectivity index (χ3n) is 4.92. The first-order valence-electron chi connectivity index (χ1n) is 10.7. The predicted molar refractivity (Wildman–Crippen MR) is 133 cm³/mol. The van der Waals surface area contributed by atoms with Gasteiger partial charge in [0.15, 0.2) is 5.78 Å². The van der Waals surface area contributed by atoms with Crippen molar-refractivity contribution in [1.82, 2.24) is 0 Å². The summed E-state index contributed by atoms with van der Waals surface area (Å²) in [7, 11) is 2.59. The van der Waals surface area contributed by atoms with Gasteiger partial charge in [0.05, 0.1) is 32.6 Å². The van der Waals surface area contributed by atoms with Crippen LogP contribution in [0.2, 0.25) is 0 Å². The fourth-order valence-electron chi connectivity index (χ4n) is 3.10. The van der Waals surface area contributed by atoms with Crippen LogP contribution in [0, 0.1) is 5.92 Å². The molecule has 0 saturated carbocycles. The highest BCUT2D eigenvalue weighted by molar-refractivity contribution is 5.90. The first kappa shape index (κ1) is 31.7. The normalized spacial score (nSPS) is 12.5. The Morgan fingerprint density at radius 3 is 1.63 bits per heavy atom. The standard InChI is InChI=1S/C15H19NO5.C10H13NO2.ClH/c1-21-15(20)11(7-10-5-3-2-4-6-10)8-13(17)12(16)9-14(18)19;1-13-10(12)9(11)7-8-5-3-2-4-6-8;/h2-6,11-12H,7-9,16H2,1H3,(H,18,19);2-6,9H,7,11H2,1H3;1H/t;9-;/m.1./s1. The zero-order chi connectivity index (χ0) is 25.5. The van der Waals surface area contributed by atoms with E-state index in [4.69, 9.17) is 21.3 Å². The molecule has 35 heavy (non-hydrogen) atoms. The molecule has 192 valence electrons. The van der Waals surface area contributed by atoms with Crippen molar-refractivity contribution >= 4 is 36.1 Å². The van der Waals surface area contributed by atoms with Crippen molar-refractivity contribution in [3.8, 4) is 0 Å². The van der Waals surface area contributed by atoms with Gasteiger partial charge in [-0.1, -0.05) is 60.7 Å². The molecule has 3 atom stereocenters. The van der Waals surface area contributed by atoms with E-state index in [0.717, 1.165) is 11.1 Å². The minimum Gasteiger partial charge on any atom is -0.481 e. The number of carboxylic acids is 1. The molecular formula is C25H33ClN2O7. The third-order valence-corrected chi connectivity index (χ3v) is 4.92. The molecule has 0 spiro atoms. The van der Waals surface area contributed by atoms with E-state index in [1.165, 1.54) is 14.2 Å². The molecule has 2 unspecified atom stereocenters. The van der Waals surface area contributed by atoms with Gasteiger partial charge in [0, 0.05) is 6.42 Å². The lowest BCUT2D eigenvalue weighted by molar-refractivity contribution is -0.147. The third kappa shape index (κ3) is 12.7. The fraction of sp³-hybridized carbons (Fsp3) is 0.360. The summed E-state index contributed by atoms with van der Waals surface area (Å²) in [6.07, 6.45) is 0.292. The first-order chi connectivity index (χ1) is 16.2. The Balaban J connectivity index is 0.000000711. The Kier molecular flexibility index (Phi) is 15.6. The lowest BCUT2D eigenvalue weighted by Gasteiger charge is -2.16. The van der Waals surface area contributed by atoms with Crippen molar-refractivity contribution < 1.29 is 33.8 Å². The topological polar surface area (TPSA) is 159 Å². The fourth-order valence-corrected chi connectivity index (χ4v) is 3.10. The number of ketones is 1. The number of carbonyl (C=O) groups is 4. The number of aliphatic carboxylic acids is 1. The number of halogens is 1. The molecule has 0 radical (unpaired) electrons. The van der Waals surface area contributed by atoms with Crippen molar-refractivity contribution in [1.29, 1.82) is 0 Å². The number of benzene rings is 2. The summed E-state index contributed by atoms with van der Waals surface area (Å²) in [5, 5.41) is 8.63. The number of ether oxygens (including phenoxy) is 2. The minimum absolute atomic E-state index is 0. The molecule has 0 heterocycles. The molecule has 0 aliphatic rings. The molecule has 0 aliphatic carbocycles. The monoisotopic (exact) mass is 508 g/mol. The number of Topliss-reactive ketones (excluding diaryl/α,β-unsaturated/α-hetero) is 1. The molecular weight excluding hydrogens is 476 g/mol. The largest absolute Gasteiger partial charge is 0.481 e. The maximum Gasteiger partial charge on any atom is 0.322 e. The van der Waals surface area contributed by atoms with E-state index in [2.05, 4.69) is 4.74 Å². The minimum atomic E-state index is -1.14. The van der Waals surface area contributed by atoms with Gasteiger partial charge >= 0.3 is 17.9 Å². The van der Waals surface area contributed by atoms with Crippen LogP contribution in [0.25, 0.3) is 0 Å². The van der Waals surface area contributed by atoms with Gasteiger partial charge in [0.25, 0.3) is 0 Å². The summed E-state index contributed by atoms with van der Waals surface area (Å²) < 4.78 is 9.22. The summed E-state index contributed by atoms with van der Waals surface area (Å²) >= 11 is 0. The summed E-state index contributed by atoms with van der Waals surface area (Å²) in [5.74, 6) is -3.14. The molecule has 0 aromatic heterocycles. The van der Waals surface area contributed by atoms with E-state index >= 15 is 0 Å². The van der Waals surface area contributed by atoms with Crippen molar-refractivity contribution in [3.05, 3.63) is 71.8 Å². The number of hydrogen-bond acceptors (Lipinski definition) is 8. The molecule has 0 bridgehead atoms. The van der Waals surface area contributed by atoms with Crippen LogP contribution in [-0.2, 0) is 41.5 Å². The quantitative estimate of drug-likeness (QED) is 0.385. The van der Waals surface area contributed by atoms with Gasteiger partial charge in [-0.05, 0) is 24.0 Å². The van der Waals surface area contributed by atoms with Gasteiger partial charge in [-0.15, -0.1) is 12.4 Å². The van der Waals surface area contributed by atoms with Gasteiger partial charge < -0.3 is 26.0 Å². The van der Waals surface area contributed by atoms with E-state index in [9.17, 15) is 19.2 Å². The number of hydrogen-bond donors (Lipinski definition) is 3. The SMILES string of the molecule is COC(=O)C(CC(=O)C(N)CC(=O)O)Cc1ccccc1.COC(=O)[C@H](N)Cc1ccccc1.Cl. The molecule has 0 amide bonds. The van der Waals surface area contributed by atoms with Gasteiger partial charge in [-0.25, -0.2) is 0 Å². The van der Waals surface area contributed by atoms with E-state index in [1.54, 1.807) is 0 Å². The van der Waals surface area contributed by atoms with Gasteiger partial charge in [-0.2, -0.15) is 0 Å². The van der Waals surface area contributed by atoms with Gasteiger partial charge in [-0.3, -0.25) is 19.2 Å². The highest BCUT2D eigenvalue weighted by atomic mass is 35.5. The molecule has 0 saturated heterocycles. The smallest absolute Gasteiger partial charge is 0.322 e. The molecule has 9 nitrogen and oxygen atoms in total. The van der Waals surface area contributed by atoms with Crippen LogP contribution >= 0.6 is 12.4 Å². The second-order valence-electron chi connectivity index (χ2n) is 7.60. The van der Waals surface area contributed by atoms with Crippen molar-refractivity contribution in [3.63, 3.8) is 0 Å². The molecule has 10 heteroatoms. The number of rotatable bonds is 11. The second-order valence-corrected chi connectivity index (χ2v) is 7.60. The number of carboxylic acid groups (broad SMARTS) is 1. The Morgan fingerprint density at radius 1 is 0.743 bits per heavy atom. The van der Waals surface area contributed by atoms with Crippen LogP contribution in [0.15, 0.2) is 60.7 Å². The maximum absolute atomic E-state index is 11.9. The van der Waals surface area contributed by atoms with Gasteiger partial charge in [0.1, 0.15) is 6.04 Å². The zero-order valence-electron chi connectivity index (χ0n) is 19.8. The van der Waals surface area contributed by atoms with E-state index in [0.29, 0.717) is 12.8 Å². The summed E-state index contributed by atoms with van der Waals surface area (Å²) in [4.78, 5) is 45.2. The molecule has 0 aliphatic heterocycles. The van der Waals surface area contributed by atoms with E-state index in [1.807, 2.05) is 60.7 Å². The van der Waals surface area contributed by atoms with Crippen LogP contribution in [-0.4, -0.2) is 55.1 Å². The highest BCUT2D eigenvalue weighted by Crippen LogP contribution is 2.16. The lowest BCUT2D eigenvalue weighted by Crippen LogP contribution is -2.35. The van der Waals surface area contributed by atoms with Crippen LogP contribution in [0.4, 0.5) is 0 Å². The Bertz CT molecular complexity index is 926. The van der Waals surface area contributed by atoms with Crippen molar-refractivity contribution in [2.45, 2.75) is 37.8 Å². The van der Waals surface area contributed by atoms with Crippen molar-refractivity contribution in [2.75, 3.05) is 14.2 Å². The molecule has 2 rings (SSSR count). The second kappa shape index (κ2) is 17.2. The number of methoxy groups -OCH3 is 2. The zero-order valence-corrected chi connectivity index (χ0v) is 20.6. The average Bonchev–Trinajstić information content (AvgIpc) is 2.83. The van der Waals surface area contributed by atoms with Crippen molar-refractivity contribution in [2.24, 2.45) is 17.4 Å². The summed E-state index contributed by atoms with van der Waals surface area (Å²) in [6.45, 7) is 0. The molecule has 2 aromatic carbocycles. The van der Waals surface area contributed by atoms with Crippen LogP contribution in [0.3, 0.4) is 0 Å². The molecule has 2 aromatic rings. The summed E-state index contributed by atoms with van der Waals surface area (Å²) in [6, 6.07) is 17.2. The van der Waals surface area contributed by atoms with E-state index in [-0.39, 0.29) is 24.8 Å². The molecule has 0 fully saturated rings. The van der Waals surface area contributed by atoms with Gasteiger partial charge in [0.2, 0.25) is 0 Å². The maximum atomic E-state index is 11.9. The van der Waals surface area contributed by atoms with Crippen LogP contribution < -0.4 is 11.5 Å². The summed E-state index contributed by atoms with van der Waals surface area (Å²) in [5.41, 5.74) is 13.0. The van der Waals surface area contributed by atoms with Crippen LogP contribution in [0.1, 0.15) is 24.0 Å². The van der Waals surface area contributed by atoms with E-state index < -0.39 is 42.1 Å². The molecule has 5 N–H and O–H groups in total. The predicted octanol–water partition coefficient (Wildman–Crippen LogP) is 1.93. The number of carbonyl (C=O) groups excluding carboxylic acids is 3. The highest BCUT2D eigenvalue weighted by Gasteiger charge is 2.26. The van der Waals surface area contributed by atoms with Crippen LogP contribution in [0.5, 0.6) is 0 Å². The first-order valence-corrected chi connectivity index (χ1v) is 10.7. The average molecular weight is 509 g/mol.